The average molecular weight is 524 g/mol. The van der Waals surface area contributed by atoms with E-state index in [1.54, 1.807) is 0 Å². The van der Waals surface area contributed by atoms with Crippen LogP contribution in [0.15, 0.2) is 65.7 Å². The summed E-state index contributed by atoms with van der Waals surface area (Å²) in [5, 5.41) is 3.73. The van der Waals surface area contributed by atoms with Crippen molar-refractivity contribution in [2.75, 3.05) is 7.05 Å². The van der Waals surface area contributed by atoms with Crippen molar-refractivity contribution in [3.63, 3.8) is 0 Å². The Morgan fingerprint density at radius 2 is 1.53 bits per heavy atom. The Balaban J connectivity index is 1.79. The highest BCUT2D eigenvalue weighted by Crippen LogP contribution is 2.34. The van der Waals surface area contributed by atoms with Gasteiger partial charge in [-0.3, -0.25) is 0 Å². The molecule has 0 aliphatic rings. The number of fused-ring (bicyclic) bond motifs is 1. The number of aromatic nitrogens is 3. The Bertz CT molecular complexity index is 1600. The number of hydrogen-bond acceptors (Lipinski definition) is 4. The summed E-state index contributed by atoms with van der Waals surface area (Å²) in [6, 6.07) is 9.74. The van der Waals surface area contributed by atoms with Crippen LogP contribution < -0.4 is 4.72 Å². The van der Waals surface area contributed by atoms with Crippen LogP contribution in [0.2, 0.25) is 0 Å². The van der Waals surface area contributed by atoms with E-state index in [-0.39, 0.29) is 27.4 Å². The van der Waals surface area contributed by atoms with Crippen LogP contribution in [0.1, 0.15) is 22.4 Å². The van der Waals surface area contributed by atoms with Gasteiger partial charge in [0.2, 0.25) is 10.0 Å². The highest BCUT2D eigenvalue weighted by Gasteiger charge is 2.36. The lowest BCUT2D eigenvalue weighted by Crippen LogP contribution is -2.18. The fourth-order valence-electron chi connectivity index (χ4n) is 3.21. The molecule has 4 aromatic rings. The number of alkyl halides is 6. The van der Waals surface area contributed by atoms with Gasteiger partial charge in [0, 0.05) is 11.1 Å². The number of nitrogens with one attached hydrogen (secondary N) is 1. The SMILES string of the molecule is CNS(=O)(=O)c1ccc(C#Cc2cnn3c(C(F)(F)F)cc(-c4ccc(C(F)(F)F)cc4)nc23)cc1. The van der Waals surface area contributed by atoms with Gasteiger partial charge in [0.15, 0.2) is 11.3 Å². The highest BCUT2D eigenvalue weighted by molar-refractivity contribution is 7.89. The number of benzene rings is 2. The van der Waals surface area contributed by atoms with Crippen LogP contribution in [0.25, 0.3) is 16.9 Å². The third-order valence-electron chi connectivity index (χ3n) is 5.05. The summed E-state index contributed by atoms with van der Waals surface area (Å²) in [4.78, 5) is 4.17. The Morgan fingerprint density at radius 1 is 0.889 bits per heavy atom. The van der Waals surface area contributed by atoms with Crippen LogP contribution in [-0.2, 0) is 22.4 Å². The predicted octanol–water partition coefficient (Wildman–Crippen LogP) is 4.74. The van der Waals surface area contributed by atoms with Gasteiger partial charge < -0.3 is 0 Å². The van der Waals surface area contributed by atoms with Crippen molar-refractivity contribution in [2.45, 2.75) is 17.2 Å². The molecule has 0 aliphatic heterocycles. The van der Waals surface area contributed by atoms with Crippen molar-refractivity contribution >= 4 is 15.7 Å². The smallest absolute Gasteiger partial charge is 0.227 e. The quantitative estimate of drug-likeness (QED) is 0.310. The van der Waals surface area contributed by atoms with Gasteiger partial charge in [-0.25, -0.2) is 22.6 Å². The molecule has 4 rings (SSSR count). The Labute approximate surface area is 200 Å². The molecule has 0 bridgehead atoms. The highest BCUT2D eigenvalue weighted by atomic mass is 32.2. The van der Waals surface area contributed by atoms with Gasteiger partial charge >= 0.3 is 12.4 Å². The second kappa shape index (κ2) is 8.96. The minimum absolute atomic E-state index is 0.00389. The zero-order valence-corrected chi connectivity index (χ0v) is 18.9. The molecule has 0 unspecified atom stereocenters. The predicted molar refractivity (Wildman–Crippen MR) is 117 cm³/mol. The topological polar surface area (TPSA) is 76.4 Å². The lowest BCUT2D eigenvalue weighted by atomic mass is 10.1. The lowest BCUT2D eigenvalue weighted by Gasteiger charge is -2.12. The van der Waals surface area contributed by atoms with Gasteiger partial charge in [0.25, 0.3) is 0 Å². The second-order valence-corrected chi connectivity index (χ2v) is 9.26. The van der Waals surface area contributed by atoms with E-state index in [4.69, 9.17) is 0 Å². The number of rotatable bonds is 3. The zero-order valence-electron chi connectivity index (χ0n) is 18.1. The maximum absolute atomic E-state index is 13.7. The Morgan fingerprint density at radius 3 is 2.08 bits per heavy atom. The molecule has 2 aromatic heterocycles. The molecule has 2 aromatic carbocycles. The molecule has 0 saturated carbocycles. The van der Waals surface area contributed by atoms with Crippen LogP contribution in [0.4, 0.5) is 26.3 Å². The number of nitrogens with zero attached hydrogens (tertiary/aromatic N) is 3. The summed E-state index contributed by atoms with van der Waals surface area (Å²) >= 11 is 0. The van der Waals surface area contributed by atoms with E-state index < -0.39 is 33.6 Å². The van der Waals surface area contributed by atoms with Gasteiger partial charge in [0.05, 0.1) is 27.9 Å². The van der Waals surface area contributed by atoms with Crippen molar-refractivity contribution in [1.29, 1.82) is 0 Å². The first-order chi connectivity index (χ1) is 16.8. The summed E-state index contributed by atoms with van der Waals surface area (Å²) in [7, 11) is -2.39. The molecule has 0 amide bonds. The maximum atomic E-state index is 13.7. The largest absolute Gasteiger partial charge is 0.433 e. The Kier molecular flexibility index (Phi) is 6.27. The van der Waals surface area contributed by atoms with Gasteiger partial charge in [-0.15, -0.1) is 0 Å². The number of halogens is 6. The van der Waals surface area contributed by atoms with E-state index in [0.29, 0.717) is 16.1 Å². The first-order valence-corrected chi connectivity index (χ1v) is 11.5. The van der Waals surface area contributed by atoms with E-state index in [1.165, 1.54) is 31.3 Å². The zero-order chi connectivity index (χ0) is 26.3. The maximum Gasteiger partial charge on any atom is 0.433 e. The molecule has 2 heterocycles. The van der Waals surface area contributed by atoms with Crippen LogP contribution in [0.5, 0.6) is 0 Å². The summed E-state index contributed by atoms with van der Waals surface area (Å²) in [6.07, 6.45) is -8.36. The fourth-order valence-corrected chi connectivity index (χ4v) is 3.94. The van der Waals surface area contributed by atoms with Crippen LogP contribution in [-0.4, -0.2) is 30.1 Å². The minimum Gasteiger partial charge on any atom is -0.227 e. The van der Waals surface area contributed by atoms with Crippen molar-refractivity contribution in [3.05, 3.63) is 83.2 Å². The van der Waals surface area contributed by atoms with E-state index in [2.05, 4.69) is 26.6 Å². The molecule has 0 saturated heterocycles. The first-order valence-electron chi connectivity index (χ1n) is 9.99. The second-order valence-electron chi connectivity index (χ2n) is 7.38. The molecule has 13 heteroatoms. The van der Waals surface area contributed by atoms with Crippen molar-refractivity contribution < 1.29 is 34.8 Å². The number of sulfonamides is 1. The van der Waals surface area contributed by atoms with Gasteiger partial charge in [-0.05, 0) is 49.5 Å². The molecular formula is C23H14F6N4O2S. The number of hydrogen-bond donors (Lipinski definition) is 1. The van der Waals surface area contributed by atoms with E-state index in [9.17, 15) is 34.8 Å². The summed E-state index contributed by atoms with van der Waals surface area (Å²) in [5.41, 5.74) is -2.15. The molecule has 186 valence electrons. The molecule has 36 heavy (non-hydrogen) atoms. The fraction of sp³-hybridized carbons (Fsp3) is 0.130. The standard InChI is InChI=1S/C23H14F6N4O2S/c1-30-36(34,35)18-10-3-14(4-11-18)2-5-16-13-31-33-20(23(27,28)29)12-19(32-21(16)33)15-6-8-17(9-7-15)22(24,25)26/h3-4,6-13,30H,1H3. The minimum atomic E-state index is -4.84. The third kappa shape index (κ3) is 5.05. The molecule has 0 aliphatic carbocycles. The molecule has 0 fully saturated rings. The van der Waals surface area contributed by atoms with Gasteiger partial charge in [-0.1, -0.05) is 24.0 Å². The van der Waals surface area contributed by atoms with Gasteiger partial charge in [0.1, 0.15) is 0 Å². The van der Waals surface area contributed by atoms with Crippen molar-refractivity contribution in [2.24, 2.45) is 0 Å². The molecule has 6 nitrogen and oxygen atoms in total. The summed E-state index contributed by atoms with van der Waals surface area (Å²) in [6.45, 7) is 0. The van der Waals surface area contributed by atoms with Crippen molar-refractivity contribution in [3.8, 4) is 23.1 Å². The third-order valence-corrected chi connectivity index (χ3v) is 6.48. The lowest BCUT2D eigenvalue weighted by molar-refractivity contribution is -0.142. The van der Waals surface area contributed by atoms with Crippen LogP contribution in [0, 0.1) is 11.8 Å². The van der Waals surface area contributed by atoms with E-state index in [0.717, 1.165) is 30.5 Å². The Hall–Kier alpha value is -3.89. The van der Waals surface area contributed by atoms with E-state index >= 15 is 0 Å². The van der Waals surface area contributed by atoms with Crippen molar-refractivity contribution in [1.82, 2.24) is 19.3 Å². The summed E-state index contributed by atoms with van der Waals surface area (Å²) in [5.74, 6) is 5.38. The molecule has 0 atom stereocenters. The molecular weight excluding hydrogens is 510 g/mol. The molecule has 0 spiro atoms. The molecule has 0 radical (unpaired) electrons. The molecule has 1 N–H and O–H groups in total. The normalized spacial score (nSPS) is 12.4. The first kappa shape index (κ1) is 25.2. The van der Waals surface area contributed by atoms with Gasteiger partial charge in [-0.2, -0.15) is 31.4 Å². The van der Waals surface area contributed by atoms with E-state index in [1.807, 2.05) is 0 Å². The average Bonchev–Trinajstić information content (AvgIpc) is 3.24. The van der Waals surface area contributed by atoms with Crippen LogP contribution >= 0.6 is 0 Å². The summed E-state index contributed by atoms with van der Waals surface area (Å²) < 4.78 is 106. The van der Waals surface area contributed by atoms with Crippen LogP contribution in [0.3, 0.4) is 0 Å². The monoisotopic (exact) mass is 524 g/mol.